The van der Waals surface area contributed by atoms with Gasteiger partial charge in [-0.05, 0) is 131 Å². The summed E-state index contributed by atoms with van der Waals surface area (Å²) < 4.78 is 0. The second-order valence-corrected chi connectivity index (χ2v) is 17.1. The van der Waals surface area contributed by atoms with Crippen molar-refractivity contribution in [2.75, 3.05) is 4.90 Å². The minimum Gasteiger partial charge on any atom is -0.310 e. The van der Waals surface area contributed by atoms with Crippen LogP contribution in [0.15, 0.2) is 243 Å². The molecule has 0 bridgehead atoms. The minimum absolute atomic E-state index is 0.296. The molecule has 0 fully saturated rings. The molecule has 64 heavy (non-hydrogen) atoms. The zero-order chi connectivity index (χ0) is 42.6. The molecule has 0 N–H and O–H groups in total. The third-order valence-corrected chi connectivity index (χ3v) is 13.8. The minimum atomic E-state index is -0.296. The summed E-state index contributed by atoms with van der Waals surface area (Å²) in [6.45, 7) is 2.35. The van der Waals surface area contributed by atoms with E-state index in [9.17, 15) is 0 Å². The second kappa shape index (κ2) is 15.4. The van der Waals surface area contributed by atoms with Crippen LogP contribution in [0.5, 0.6) is 0 Å². The molecule has 0 aliphatic heterocycles. The normalized spacial score (nSPS) is 14.1. The van der Waals surface area contributed by atoms with Crippen LogP contribution in [-0.4, -0.2) is 0 Å². The van der Waals surface area contributed by atoms with Crippen LogP contribution in [0.1, 0.15) is 30.0 Å². The maximum atomic E-state index is 2.45. The lowest BCUT2D eigenvalue weighted by Gasteiger charge is -2.32. The van der Waals surface area contributed by atoms with E-state index in [0.29, 0.717) is 0 Å². The van der Waals surface area contributed by atoms with E-state index < -0.39 is 0 Å². The predicted octanol–water partition coefficient (Wildman–Crippen LogP) is 17.3. The van der Waals surface area contributed by atoms with Crippen LogP contribution < -0.4 is 4.90 Å². The van der Waals surface area contributed by atoms with Crippen molar-refractivity contribution < 1.29 is 0 Å². The van der Waals surface area contributed by atoms with Crippen molar-refractivity contribution in [3.05, 3.63) is 259 Å². The van der Waals surface area contributed by atoms with Crippen molar-refractivity contribution in [2.45, 2.75) is 18.8 Å². The van der Waals surface area contributed by atoms with Gasteiger partial charge in [0, 0.05) is 22.4 Å². The number of hydrogen-bond donors (Lipinski definition) is 0. The molecule has 1 heteroatoms. The molecule has 0 saturated heterocycles. The van der Waals surface area contributed by atoms with E-state index in [0.717, 1.165) is 23.5 Å². The second-order valence-electron chi connectivity index (χ2n) is 17.1. The molecule has 1 aliphatic rings. The first-order valence-electron chi connectivity index (χ1n) is 22.5. The smallest absolute Gasteiger partial charge is 0.0540 e. The summed E-state index contributed by atoms with van der Waals surface area (Å²) in [4.78, 5) is 2.45. The quantitative estimate of drug-likeness (QED) is 0.148. The molecule has 12 rings (SSSR count). The SMILES string of the molecule is CCC1(c2ccc3ccccc3c2)c2ccccc2-c2c(-c3ccccc3N(c3ccc(-c4cccc5ccccc45)cc3)c3ccc(-c4cccc5ccccc45)cc3)cccc21. The average molecular weight is 816 g/mol. The van der Waals surface area contributed by atoms with Crippen molar-refractivity contribution in [2.24, 2.45) is 0 Å². The first-order valence-corrected chi connectivity index (χ1v) is 22.5. The van der Waals surface area contributed by atoms with Crippen LogP contribution in [0, 0.1) is 0 Å². The van der Waals surface area contributed by atoms with Crippen molar-refractivity contribution >= 4 is 49.4 Å². The van der Waals surface area contributed by atoms with E-state index in [1.807, 2.05) is 0 Å². The zero-order valence-corrected chi connectivity index (χ0v) is 35.7. The third-order valence-electron chi connectivity index (χ3n) is 13.8. The van der Waals surface area contributed by atoms with Crippen molar-refractivity contribution in [1.82, 2.24) is 0 Å². The Morgan fingerprint density at radius 2 is 0.812 bits per heavy atom. The van der Waals surface area contributed by atoms with E-state index in [2.05, 4.69) is 254 Å². The Kier molecular flexibility index (Phi) is 9.09. The van der Waals surface area contributed by atoms with Gasteiger partial charge in [0.25, 0.3) is 0 Å². The van der Waals surface area contributed by atoms with Gasteiger partial charge in [0.15, 0.2) is 0 Å². The van der Waals surface area contributed by atoms with Crippen LogP contribution >= 0.6 is 0 Å². The molecule has 1 unspecified atom stereocenters. The summed E-state index contributed by atoms with van der Waals surface area (Å²) >= 11 is 0. The average Bonchev–Trinajstić information content (AvgIpc) is 3.67. The first-order chi connectivity index (χ1) is 31.7. The van der Waals surface area contributed by atoms with Gasteiger partial charge in [-0.3, -0.25) is 0 Å². The van der Waals surface area contributed by atoms with E-state index in [1.165, 1.54) is 93.5 Å². The van der Waals surface area contributed by atoms with Crippen LogP contribution in [0.25, 0.3) is 76.8 Å². The Morgan fingerprint density at radius 3 is 1.45 bits per heavy atom. The lowest BCUT2D eigenvalue weighted by Crippen LogP contribution is -2.26. The maximum Gasteiger partial charge on any atom is 0.0540 e. The van der Waals surface area contributed by atoms with Crippen molar-refractivity contribution in [3.8, 4) is 44.5 Å². The Balaban J connectivity index is 1.04. The first kappa shape index (κ1) is 37.7. The number of benzene rings is 11. The Hall–Kier alpha value is -8.00. The number of anilines is 3. The fourth-order valence-electron chi connectivity index (χ4n) is 10.8. The van der Waals surface area contributed by atoms with Gasteiger partial charge in [-0.15, -0.1) is 0 Å². The summed E-state index contributed by atoms with van der Waals surface area (Å²) in [5, 5.41) is 7.55. The number of hydrogen-bond acceptors (Lipinski definition) is 1. The van der Waals surface area contributed by atoms with Crippen molar-refractivity contribution in [1.29, 1.82) is 0 Å². The summed E-state index contributed by atoms with van der Waals surface area (Å²) in [5.74, 6) is 0. The summed E-state index contributed by atoms with van der Waals surface area (Å²) in [5.41, 5.74) is 17.0. The van der Waals surface area contributed by atoms with E-state index >= 15 is 0 Å². The van der Waals surface area contributed by atoms with Gasteiger partial charge >= 0.3 is 0 Å². The van der Waals surface area contributed by atoms with E-state index in [1.54, 1.807) is 0 Å². The Morgan fingerprint density at radius 1 is 0.344 bits per heavy atom. The molecule has 0 radical (unpaired) electrons. The predicted molar refractivity (Wildman–Crippen MR) is 272 cm³/mol. The lowest BCUT2D eigenvalue weighted by atomic mass is 9.70. The largest absolute Gasteiger partial charge is 0.310 e. The van der Waals surface area contributed by atoms with Gasteiger partial charge in [-0.2, -0.15) is 0 Å². The molecule has 0 spiro atoms. The van der Waals surface area contributed by atoms with Crippen LogP contribution in [0.4, 0.5) is 17.1 Å². The monoisotopic (exact) mass is 815 g/mol. The topological polar surface area (TPSA) is 3.24 Å². The van der Waals surface area contributed by atoms with Gasteiger partial charge in [0.2, 0.25) is 0 Å². The Bertz CT molecular complexity index is 3410. The molecular formula is C63H45N. The number of rotatable bonds is 8. The fraction of sp³-hybridized carbons (Fsp3) is 0.0476. The molecule has 11 aromatic carbocycles. The molecule has 0 heterocycles. The number of nitrogens with zero attached hydrogens (tertiary/aromatic N) is 1. The Labute approximate surface area is 375 Å². The highest BCUT2D eigenvalue weighted by Crippen LogP contribution is 2.58. The van der Waals surface area contributed by atoms with Gasteiger partial charge in [0.1, 0.15) is 0 Å². The highest BCUT2D eigenvalue weighted by Gasteiger charge is 2.44. The van der Waals surface area contributed by atoms with Gasteiger partial charge in [0.05, 0.1) is 5.69 Å². The molecule has 302 valence electrons. The molecule has 1 aliphatic carbocycles. The van der Waals surface area contributed by atoms with Gasteiger partial charge in [-0.1, -0.05) is 213 Å². The molecule has 11 aromatic rings. The lowest BCUT2D eigenvalue weighted by molar-refractivity contribution is 0.610. The highest BCUT2D eigenvalue weighted by molar-refractivity contribution is 6.01. The number of para-hydroxylation sites is 1. The van der Waals surface area contributed by atoms with Crippen LogP contribution in [0.2, 0.25) is 0 Å². The molecular weight excluding hydrogens is 771 g/mol. The molecule has 0 aromatic heterocycles. The molecule has 1 nitrogen and oxygen atoms in total. The van der Waals surface area contributed by atoms with Crippen molar-refractivity contribution in [3.63, 3.8) is 0 Å². The molecule has 0 amide bonds. The third kappa shape index (κ3) is 6.00. The van der Waals surface area contributed by atoms with Crippen LogP contribution in [-0.2, 0) is 5.41 Å². The van der Waals surface area contributed by atoms with E-state index in [-0.39, 0.29) is 5.41 Å². The van der Waals surface area contributed by atoms with E-state index in [4.69, 9.17) is 0 Å². The maximum absolute atomic E-state index is 2.45. The highest BCUT2D eigenvalue weighted by atomic mass is 15.1. The summed E-state index contributed by atoms with van der Waals surface area (Å²) in [7, 11) is 0. The standard InChI is InChI=1S/C63H45N/c1-2-63(49-37-32-43-16-3-4-19-48(43)42-49)59-29-11-9-25-58(59)62-57(28-15-30-60(62)63)56-24-10-12-31-61(56)64(50-38-33-46(34-39-50)54-26-13-20-44-17-5-7-22-52(44)54)51-40-35-47(36-41-51)55-27-14-21-45-18-6-8-23-53(45)55/h3-42H,2H2,1H3. The summed E-state index contributed by atoms with van der Waals surface area (Å²) in [6.07, 6.45) is 0.943. The number of fused-ring (bicyclic) bond motifs is 6. The summed E-state index contributed by atoms with van der Waals surface area (Å²) in [6, 6.07) is 89.8. The zero-order valence-electron chi connectivity index (χ0n) is 35.7. The molecule has 1 atom stereocenters. The van der Waals surface area contributed by atoms with Gasteiger partial charge in [-0.25, -0.2) is 0 Å². The van der Waals surface area contributed by atoms with Gasteiger partial charge < -0.3 is 4.90 Å². The fourth-order valence-corrected chi connectivity index (χ4v) is 10.8. The van der Waals surface area contributed by atoms with Crippen LogP contribution in [0.3, 0.4) is 0 Å². The molecule has 0 saturated carbocycles.